The van der Waals surface area contributed by atoms with Crippen molar-refractivity contribution in [3.8, 4) is 5.75 Å². The van der Waals surface area contributed by atoms with Crippen LogP contribution < -0.4 is 9.64 Å². The number of anilines is 1. The molecule has 0 radical (unpaired) electrons. The second-order valence-corrected chi connectivity index (χ2v) is 7.41. The molecule has 1 fully saturated rings. The number of benzene rings is 2. The van der Waals surface area contributed by atoms with Gasteiger partial charge in [-0.05, 0) is 55.8 Å². The minimum atomic E-state index is -0.893. The number of hydrogen-bond acceptors (Lipinski definition) is 6. The lowest BCUT2D eigenvalue weighted by Gasteiger charge is -2.23. The first kappa shape index (κ1) is 20.7. The first-order valence-corrected chi connectivity index (χ1v) is 10.0. The summed E-state index contributed by atoms with van der Waals surface area (Å²) in [5.74, 6) is -0.585. The van der Waals surface area contributed by atoms with Crippen LogP contribution in [0, 0.1) is 6.92 Å². The van der Waals surface area contributed by atoms with Crippen molar-refractivity contribution >= 4 is 34.9 Å². The Morgan fingerprint density at radius 1 is 1.16 bits per heavy atom. The van der Waals surface area contributed by atoms with Crippen LogP contribution in [-0.2, 0) is 9.59 Å². The summed E-state index contributed by atoms with van der Waals surface area (Å²) >= 11 is 5.94. The lowest BCUT2D eigenvalue weighted by molar-refractivity contribution is -0.132. The maximum absolute atomic E-state index is 13.0. The molecular weight excluding hydrogens is 420 g/mol. The molecular formula is C23H19ClN2O5. The number of nitrogens with zero attached hydrogens (tertiary/aromatic N) is 2. The second kappa shape index (κ2) is 8.28. The molecule has 1 amide bonds. The number of amides is 1. The Balaban J connectivity index is 1.89. The number of carbonyl (C=O) groups excluding carboxylic acids is 2. The van der Waals surface area contributed by atoms with Gasteiger partial charge in [0.1, 0.15) is 17.3 Å². The summed E-state index contributed by atoms with van der Waals surface area (Å²) in [5.41, 5.74) is 0.936. The zero-order chi connectivity index (χ0) is 22.1. The third kappa shape index (κ3) is 3.80. The van der Waals surface area contributed by atoms with Gasteiger partial charge in [0.15, 0.2) is 5.82 Å². The van der Waals surface area contributed by atoms with E-state index in [0.29, 0.717) is 34.3 Å². The molecule has 1 saturated heterocycles. The summed E-state index contributed by atoms with van der Waals surface area (Å²) in [4.78, 5) is 27.2. The van der Waals surface area contributed by atoms with Gasteiger partial charge >= 0.3 is 5.91 Å². The van der Waals surface area contributed by atoms with E-state index < -0.39 is 17.7 Å². The Bertz CT molecular complexity index is 1170. The third-order valence-corrected chi connectivity index (χ3v) is 5.18. The van der Waals surface area contributed by atoms with Crippen LogP contribution in [0.2, 0.25) is 5.02 Å². The zero-order valence-corrected chi connectivity index (χ0v) is 17.6. The molecule has 2 aromatic carbocycles. The molecule has 0 bridgehead atoms. The Morgan fingerprint density at radius 2 is 1.84 bits per heavy atom. The number of halogens is 1. The topological polar surface area (TPSA) is 92.9 Å². The van der Waals surface area contributed by atoms with Crippen LogP contribution in [0.15, 0.2) is 64.7 Å². The fourth-order valence-electron chi connectivity index (χ4n) is 3.53. The normalized spacial score (nSPS) is 17.9. The van der Waals surface area contributed by atoms with E-state index in [9.17, 15) is 14.7 Å². The highest BCUT2D eigenvalue weighted by Crippen LogP contribution is 2.42. The summed E-state index contributed by atoms with van der Waals surface area (Å²) in [7, 11) is 0. The Morgan fingerprint density at radius 3 is 2.42 bits per heavy atom. The number of Topliss-reactive ketones (excluding diaryl/α,β-unsaturated/α-hetero) is 1. The van der Waals surface area contributed by atoms with Gasteiger partial charge in [-0.2, -0.15) is 0 Å². The van der Waals surface area contributed by atoms with E-state index >= 15 is 0 Å². The Kier molecular flexibility index (Phi) is 5.52. The van der Waals surface area contributed by atoms with Gasteiger partial charge in [0.2, 0.25) is 0 Å². The van der Waals surface area contributed by atoms with E-state index in [0.717, 1.165) is 0 Å². The van der Waals surface area contributed by atoms with Crippen molar-refractivity contribution in [3.63, 3.8) is 0 Å². The van der Waals surface area contributed by atoms with E-state index in [2.05, 4.69) is 5.16 Å². The minimum absolute atomic E-state index is 0.0443. The molecule has 1 N–H and O–H groups in total. The predicted molar refractivity (Wildman–Crippen MR) is 115 cm³/mol. The van der Waals surface area contributed by atoms with Crippen molar-refractivity contribution in [1.29, 1.82) is 0 Å². The molecule has 0 unspecified atom stereocenters. The van der Waals surface area contributed by atoms with Crippen molar-refractivity contribution in [3.05, 3.63) is 82.1 Å². The third-order valence-electron chi connectivity index (χ3n) is 4.93. The quantitative estimate of drug-likeness (QED) is 0.354. The number of hydrogen-bond donors (Lipinski definition) is 1. The average molecular weight is 439 g/mol. The van der Waals surface area contributed by atoms with Crippen molar-refractivity contribution in [2.45, 2.75) is 19.9 Å². The second-order valence-electron chi connectivity index (χ2n) is 6.97. The standard InChI is InChI=1S/C23H19ClN2O5/c1-3-30-17-10-6-14(7-11-17)20-19(21(27)15-4-8-16(24)9-5-15)22(28)23(29)26(20)18-12-13(2)31-25-18/h4-12,20,27H,3H2,1-2H3/b21-19+/t20-/m0/s1. The number of aromatic nitrogens is 1. The molecule has 1 aliphatic heterocycles. The molecule has 0 saturated carbocycles. The average Bonchev–Trinajstić information content (AvgIpc) is 3.30. The molecule has 4 rings (SSSR count). The van der Waals surface area contributed by atoms with E-state index in [1.165, 1.54) is 4.90 Å². The van der Waals surface area contributed by atoms with Crippen LogP contribution in [0.1, 0.15) is 29.9 Å². The maximum Gasteiger partial charge on any atom is 0.301 e. The van der Waals surface area contributed by atoms with Gasteiger partial charge in [-0.1, -0.05) is 28.9 Å². The molecule has 7 nitrogen and oxygen atoms in total. The molecule has 1 atom stereocenters. The molecule has 0 aliphatic carbocycles. The molecule has 8 heteroatoms. The number of aliphatic hydroxyl groups excluding tert-OH is 1. The number of aryl methyl sites for hydroxylation is 1. The molecule has 2 heterocycles. The van der Waals surface area contributed by atoms with Crippen LogP contribution in [0.3, 0.4) is 0 Å². The van der Waals surface area contributed by atoms with E-state index in [1.807, 2.05) is 6.92 Å². The number of rotatable bonds is 5. The summed E-state index contributed by atoms with van der Waals surface area (Å²) in [5, 5.41) is 15.4. The largest absolute Gasteiger partial charge is 0.507 e. The van der Waals surface area contributed by atoms with Crippen molar-refractivity contribution < 1.29 is 24.0 Å². The van der Waals surface area contributed by atoms with Crippen LogP contribution in [0.5, 0.6) is 5.75 Å². The highest BCUT2D eigenvalue weighted by atomic mass is 35.5. The highest BCUT2D eigenvalue weighted by molar-refractivity contribution is 6.51. The first-order valence-electron chi connectivity index (χ1n) is 9.63. The van der Waals surface area contributed by atoms with E-state index in [1.54, 1.807) is 61.5 Å². The fraction of sp³-hybridized carbons (Fsp3) is 0.174. The van der Waals surface area contributed by atoms with Crippen LogP contribution in [-0.4, -0.2) is 28.6 Å². The summed E-state index contributed by atoms with van der Waals surface area (Å²) in [6, 6.07) is 14.0. The molecule has 1 aliphatic rings. The first-order chi connectivity index (χ1) is 14.9. The highest BCUT2D eigenvalue weighted by Gasteiger charge is 2.48. The van der Waals surface area contributed by atoms with E-state index in [4.69, 9.17) is 20.9 Å². The Hall–Kier alpha value is -3.58. The SMILES string of the molecule is CCOc1ccc([C@H]2/C(=C(\O)c3ccc(Cl)cc3)C(=O)C(=O)N2c2cc(C)on2)cc1. The minimum Gasteiger partial charge on any atom is -0.507 e. The van der Waals surface area contributed by atoms with Gasteiger partial charge in [0, 0.05) is 16.7 Å². The molecule has 158 valence electrons. The van der Waals surface area contributed by atoms with Crippen molar-refractivity contribution in [1.82, 2.24) is 5.16 Å². The zero-order valence-electron chi connectivity index (χ0n) is 16.8. The van der Waals surface area contributed by atoms with Crippen molar-refractivity contribution in [2.24, 2.45) is 0 Å². The lowest BCUT2D eigenvalue weighted by atomic mass is 9.95. The predicted octanol–water partition coefficient (Wildman–Crippen LogP) is 4.66. The van der Waals surface area contributed by atoms with E-state index in [-0.39, 0.29) is 17.2 Å². The van der Waals surface area contributed by atoms with Crippen molar-refractivity contribution in [2.75, 3.05) is 11.5 Å². The summed E-state index contributed by atoms with van der Waals surface area (Å²) in [6.45, 7) is 4.07. The molecule has 0 spiro atoms. The van der Waals surface area contributed by atoms with Crippen LogP contribution in [0.25, 0.3) is 5.76 Å². The fourth-order valence-corrected chi connectivity index (χ4v) is 3.65. The number of aliphatic hydroxyl groups is 1. The molecule has 3 aromatic rings. The number of ketones is 1. The van der Waals surface area contributed by atoms with Gasteiger partial charge in [-0.25, -0.2) is 0 Å². The van der Waals surface area contributed by atoms with Gasteiger partial charge in [-0.15, -0.1) is 0 Å². The van der Waals surface area contributed by atoms with Gasteiger partial charge in [0.05, 0.1) is 18.2 Å². The van der Waals surface area contributed by atoms with Gasteiger partial charge in [0.25, 0.3) is 5.78 Å². The number of carbonyl (C=O) groups is 2. The lowest BCUT2D eigenvalue weighted by Crippen LogP contribution is -2.29. The summed E-state index contributed by atoms with van der Waals surface area (Å²) in [6.07, 6.45) is 0. The molecule has 1 aromatic heterocycles. The number of ether oxygens (including phenoxy) is 1. The smallest absolute Gasteiger partial charge is 0.301 e. The monoisotopic (exact) mass is 438 g/mol. The molecule has 31 heavy (non-hydrogen) atoms. The maximum atomic E-state index is 13.0. The Labute approximate surface area is 183 Å². The van der Waals surface area contributed by atoms with Gasteiger partial charge in [-0.3, -0.25) is 14.5 Å². The summed E-state index contributed by atoms with van der Waals surface area (Å²) < 4.78 is 10.6. The van der Waals surface area contributed by atoms with Crippen LogP contribution in [0.4, 0.5) is 5.82 Å². The van der Waals surface area contributed by atoms with Crippen LogP contribution >= 0.6 is 11.6 Å². The van der Waals surface area contributed by atoms with Gasteiger partial charge < -0.3 is 14.4 Å².